The molecule has 2 aromatic rings. The van der Waals surface area contributed by atoms with Crippen LogP contribution in [-0.2, 0) is 25.7 Å². The lowest BCUT2D eigenvalue weighted by molar-refractivity contribution is -0.138. The highest BCUT2D eigenvalue weighted by molar-refractivity contribution is 5.37. The van der Waals surface area contributed by atoms with E-state index in [1.165, 1.54) is 11.6 Å². The van der Waals surface area contributed by atoms with Gasteiger partial charge in [0.15, 0.2) is 0 Å². The Bertz CT molecular complexity index is 712. The summed E-state index contributed by atoms with van der Waals surface area (Å²) in [5.74, 6) is 0.784. The number of hydrogen-bond acceptors (Lipinski definition) is 2. The van der Waals surface area contributed by atoms with E-state index in [1.807, 2.05) is 12.1 Å². The molecule has 0 aromatic heterocycles. The van der Waals surface area contributed by atoms with Gasteiger partial charge in [0, 0.05) is 13.1 Å². The first kappa shape index (κ1) is 16.8. The minimum Gasteiger partial charge on any atom is -0.497 e. The number of rotatable bonds is 3. The molecule has 0 aliphatic carbocycles. The van der Waals surface area contributed by atoms with Crippen LogP contribution in [0.2, 0.25) is 0 Å². The number of nitrogens with zero attached hydrogens (tertiary/aromatic N) is 1. The van der Waals surface area contributed by atoms with Crippen LogP contribution in [0.4, 0.5) is 13.2 Å². The molecule has 0 N–H and O–H groups in total. The average Bonchev–Trinajstić information content (AvgIpc) is 2.75. The predicted molar refractivity (Wildman–Crippen MR) is 86.9 cm³/mol. The third-order valence-electron chi connectivity index (χ3n) is 4.44. The van der Waals surface area contributed by atoms with Crippen molar-refractivity contribution in [2.24, 2.45) is 0 Å². The maximum Gasteiger partial charge on any atom is 0.416 e. The molecular weight excluding hydrogens is 315 g/mol. The highest BCUT2D eigenvalue weighted by atomic mass is 19.4. The van der Waals surface area contributed by atoms with Gasteiger partial charge < -0.3 is 4.74 Å². The molecule has 0 saturated heterocycles. The quantitative estimate of drug-likeness (QED) is 0.809. The molecule has 2 aromatic carbocycles. The third-order valence-corrected chi connectivity index (χ3v) is 4.44. The molecule has 3 rings (SSSR count). The highest BCUT2D eigenvalue weighted by Crippen LogP contribution is 2.33. The average molecular weight is 335 g/mol. The van der Waals surface area contributed by atoms with E-state index in [4.69, 9.17) is 4.74 Å². The molecular formula is C19H20F3NO. The van der Waals surface area contributed by atoms with Crippen LogP contribution >= 0.6 is 0 Å². The van der Waals surface area contributed by atoms with Crippen LogP contribution in [0.25, 0.3) is 0 Å². The summed E-state index contributed by atoms with van der Waals surface area (Å²) in [6.07, 6.45) is -2.44. The van der Waals surface area contributed by atoms with Crippen molar-refractivity contribution in [3.8, 4) is 5.75 Å². The Morgan fingerprint density at radius 3 is 2.62 bits per heavy atom. The molecule has 5 heteroatoms. The van der Waals surface area contributed by atoms with Crippen LogP contribution in [0, 0.1) is 0 Å². The molecule has 0 spiro atoms. The van der Waals surface area contributed by atoms with Crippen molar-refractivity contribution in [3.63, 3.8) is 0 Å². The number of methoxy groups -OCH3 is 1. The fourth-order valence-electron chi connectivity index (χ4n) is 3.24. The summed E-state index contributed by atoms with van der Waals surface area (Å²) >= 11 is 0. The Balaban J connectivity index is 1.84. The molecule has 0 bridgehead atoms. The molecule has 2 nitrogen and oxygen atoms in total. The topological polar surface area (TPSA) is 12.5 Å². The van der Waals surface area contributed by atoms with Gasteiger partial charge in [-0.15, -0.1) is 0 Å². The first-order valence-electron chi connectivity index (χ1n) is 8.00. The van der Waals surface area contributed by atoms with E-state index in [0.717, 1.165) is 36.8 Å². The van der Waals surface area contributed by atoms with Crippen molar-refractivity contribution in [2.75, 3.05) is 13.7 Å². The SMILES string of the molecule is COc1ccc2c(c1)CN(Cc1ccccc1C(F)(F)F)CCC2. The van der Waals surface area contributed by atoms with Crippen molar-refractivity contribution < 1.29 is 17.9 Å². The molecule has 1 aliphatic rings. The molecule has 0 atom stereocenters. The van der Waals surface area contributed by atoms with Gasteiger partial charge in [0.05, 0.1) is 12.7 Å². The summed E-state index contributed by atoms with van der Waals surface area (Å²) in [7, 11) is 1.62. The van der Waals surface area contributed by atoms with E-state index < -0.39 is 11.7 Å². The van der Waals surface area contributed by atoms with E-state index in [2.05, 4.69) is 11.0 Å². The lowest BCUT2D eigenvalue weighted by Crippen LogP contribution is -2.24. The summed E-state index contributed by atoms with van der Waals surface area (Å²) in [5.41, 5.74) is 2.18. The van der Waals surface area contributed by atoms with Crippen molar-refractivity contribution >= 4 is 0 Å². The second-order valence-electron chi connectivity index (χ2n) is 6.10. The summed E-state index contributed by atoms with van der Waals surface area (Å²) < 4.78 is 44.8. The molecule has 0 radical (unpaired) electrons. The van der Waals surface area contributed by atoms with Crippen LogP contribution in [-0.4, -0.2) is 18.6 Å². The van der Waals surface area contributed by atoms with Crippen LogP contribution in [0.15, 0.2) is 42.5 Å². The molecule has 1 aliphatic heterocycles. The molecule has 0 amide bonds. The van der Waals surface area contributed by atoms with Gasteiger partial charge in [-0.2, -0.15) is 13.2 Å². The lowest BCUT2D eigenvalue weighted by atomic mass is 10.0. The van der Waals surface area contributed by atoms with Gasteiger partial charge in [0.1, 0.15) is 5.75 Å². The Morgan fingerprint density at radius 2 is 1.88 bits per heavy atom. The minimum absolute atomic E-state index is 0.298. The number of aryl methyl sites for hydroxylation is 1. The smallest absolute Gasteiger partial charge is 0.416 e. The number of fused-ring (bicyclic) bond motifs is 1. The molecule has 1 heterocycles. The van der Waals surface area contributed by atoms with Crippen LogP contribution in [0.5, 0.6) is 5.75 Å². The number of benzene rings is 2. The third kappa shape index (κ3) is 3.73. The first-order valence-corrected chi connectivity index (χ1v) is 8.00. The molecule has 0 unspecified atom stereocenters. The standard InChI is InChI=1S/C19H20F3NO/c1-24-17-9-8-14-6-4-10-23(13-16(14)11-17)12-15-5-2-3-7-18(15)19(20,21)22/h2-3,5,7-9,11H,4,6,10,12-13H2,1H3. The molecule has 0 fully saturated rings. The Morgan fingerprint density at radius 1 is 1.08 bits per heavy atom. The zero-order chi connectivity index (χ0) is 17.2. The second kappa shape index (κ2) is 6.85. The number of hydrogen-bond donors (Lipinski definition) is 0. The van der Waals surface area contributed by atoms with Gasteiger partial charge >= 0.3 is 6.18 Å². The number of ether oxygens (including phenoxy) is 1. The van der Waals surface area contributed by atoms with Crippen molar-refractivity contribution in [1.82, 2.24) is 4.90 Å². The van der Waals surface area contributed by atoms with Gasteiger partial charge in [-0.05, 0) is 54.3 Å². The zero-order valence-electron chi connectivity index (χ0n) is 13.6. The summed E-state index contributed by atoms with van der Waals surface area (Å²) in [6.45, 7) is 1.72. The van der Waals surface area contributed by atoms with E-state index in [1.54, 1.807) is 19.2 Å². The van der Waals surface area contributed by atoms with E-state index in [0.29, 0.717) is 18.7 Å². The fourth-order valence-corrected chi connectivity index (χ4v) is 3.24. The molecule has 24 heavy (non-hydrogen) atoms. The summed E-state index contributed by atoms with van der Waals surface area (Å²) in [5, 5.41) is 0. The second-order valence-corrected chi connectivity index (χ2v) is 6.10. The van der Waals surface area contributed by atoms with E-state index >= 15 is 0 Å². The van der Waals surface area contributed by atoms with Gasteiger partial charge in [-0.3, -0.25) is 4.90 Å². The number of alkyl halides is 3. The molecule has 128 valence electrons. The lowest BCUT2D eigenvalue weighted by Gasteiger charge is -2.23. The van der Waals surface area contributed by atoms with Gasteiger partial charge in [-0.1, -0.05) is 24.3 Å². The first-order chi connectivity index (χ1) is 11.5. The largest absolute Gasteiger partial charge is 0.497 e. The summed E-state index contributed by atoms with van der Waals surface area (Å²) in [4.78, 5) is 2.08. The van der Waals surface area contributed by atoms with Crippen molar-refractivity contribution in [3.05, 3.63) is 64.7 Å². The minimum atomic E-state index is -4.32. The highest BCUT2D eigenvalue weighted by Gasteiger charge is 2.33. The van der Waals surface area contributed by atoms with Crippen molar-refractivity contribution in [2.45, 2.75) is 32.1 Å². The Hall–Kier alpha value is -2.01. The normalized spacial score (nSPS) is 15.7. The van der Waals surface area contributed by atoms with Gasteiger partial charge in [0.25, 0.3) is 0 Å². The maximum atomic E-state index is 13.2. The predicted octanol–water partition coefficient (Wildman–Crippen LogP) is 4.66. The van der Waals surface area contributed by atoms with E-state index in [9.17, 15) is 13.2 Å². The van der Waals surface area contributed by atoms with Crippen molar-refractivity contribution in [1.29, 1.82) is 0 Å². The maximum absolute atomic E-state index is 13.2. The van der Waals surface area contributed by atoms with Crippen LogP contribution in [0.3, 0.4) is 0 Å². The van der Waals surface area contributed by atoms with Crippen LogP contribution in [0.1, 0.15) is 28.7 Å². The number of halogens is 3. The fraction of sp³-hybridized carbons (Fsp3) is 0.368. The van der Waals surface area contributed by atoms with Gasteiger partial charge in [-0.25, -0.2) is 0 Å². The molecule has 0 saturated carbocycles. The monoisotopic (exact) mass is 335 g/mol. The van der Waals surface area contributed by atoms with Gasteiger partial charge in [0.2, 0.25) is 0 Å². The van der Waals surface area contributed by atoms with E-state index in [-0.39, 0.29) is 0 Å². The summed E-state index contributed by atoms with van der Waals surface area (Å²) in [6, 6.07) is 11.8. The zero-order valence-corrected chi connectivity index (χ0v) is 13.6. The Kier molecular flexibility index (Phi) is 4.81. The Labute approximate surface area is 139 Å². The van der Waals surface area contributed by atoms with Crippen LogP contribution < -0.4 is 4.74 Å².